The van der Waals surface area contributed by atoms with Crippen LogP contribution in [0.4, 0.5) is 8.78 Å². The number of carboxylic acid groups (broad SMARTS) is 1. The van der Waals surface area contributed by atoms with Gasteiger partial charge in [0.25, 0.3) is 5.92 Å². The Morgan fingerprint density at radius 3 is 2.77 bits per heavy atom. The highest BCUT2D eigenvalue weighted by atomic mass is 32.2. The van der Waals surface area contributed by atoms with Crippen molar-refractivity contribution in [3.63, 3.8) is 0 Å². The van der Waals surface area contributed by atoms with Gasteiger partial charge in [-0.15, -0.1) is 11.8 Å². The summed E-state index contributed by atoms with van der Waals surface area (Å²) in [5, 5.41) is 22.5. The first-order valence-corrected chi connectivity index (χ1v) is 11.5. The number of β-lactam (4-membered cyclic amide) rings is 1. The molecule has 0 radical (unpaired) electrons. The van der Waals surface area contributed by atoms with Gasteiger partial charge in [0.1, 0.15) is 5.70 Å². The summed E-state index contributed by atoms with van der Waals surface area (Å²) in [4.78, 5) is 28.4. The molecular formula is C20H29F2N3O4S. The minimum Gasteiger partial charge on any atom is -0.477 e. The fraction of sp³-hybridized carbons (Fsp3) is 0.800. The maximum Gasteiger partial charge on any atom is 0.353 e. The first-order valence-electron chi connectivity index (χ1n) is 10.6. The van der Waals surface area contributed by atoms with E-state index in [1.807, 2.05) is 6.92 Å². The predicted octanol–water partition coefficient (Wildman–Crippen LogP) is 1.19. The number of aliphatic carboxylic acids is 1. The Morgan fingerprint density at radius 1 is 1.40 bits per heavy atom. The molecule has 10 heteroatoms. The number of fused-ring (bicyclic) bond motifs is 1. The number of aliphatic hydroxyl groups is 1. The second-order valence-electron chi connectivity index (χ2n) is 8.98. The molecule has 168 valence electrons. The van der Waals surface area contributed by atoms with E-state index in [1.165, 1.54) is 16.7 Å². The normalized spacial score (nSPS) is 37.3. The van der Waals surface area contributed by atoms with Gasteiger partial charge in [-0.2, -0.15) is 0 Å². The molecule has 30 heavy (non-hydrogen) atoms. The van der Waals surface area contributed by atoms with Crippen LogP contribution in [0.1, 0.15) is 26.7 Å². The van der Waals surface area contributed by atoms with Crippen LogP contribution in [0.25, 0.3) is 0 Å². The lowest BCUT2D eigenvalue weighted by atomic mass is 9.79. The van der Waals surface area contributed by atoms with Gasteiger partial charge in [-0.1, -0.05) is 6.92 Å². The molecule has 0 aromatic carbocycles. The van der Waals surface area contributed by atoms with Crippen LogP contribution in [0.2, 0.25) is 0 Å². The number of halogens is 2. The van der Waals surface area contributed by atoms with E-state index in [1.54, 1.807) is 6.92 Å². The predicted molar refractivity (Wildman–Crippen MR) is 108 cm³/mol. The van der Waals surface area contributed by atoms with E-state index in [0.29, 0.717) is 37.5 Å². The fourth-order valence-electron chi connectivity index (χ4n) is 5.34. The summed E-state index contributed by atoms with van der Waals surface area (Å²) in [7, 11) is 0. The van der Waals surface area contributed by atoms with Gasteiger partial charge in [-0.25, -0.2) is 13.6 Å². The third-order valence-corrected chi connectivity index (χ3v) is 8.48. The molecule has 0 aliphatic carbocycles. The van der Waals surface area contributed by atoms with Crippen LogP contribution in [0.5, 0.6) is 0 Å². The van der Waals surface area contributed by atoms with Crippen LogP contribution >= 0.6 is 11.8 Å². The molecule has 0 aromatic rings. The van der Waals surface area contributed by atoms with Crippen molar-refractivity contribution in [3.8, 4) is 0 Å². The number of carbonyl (C=O) groups is 2. The molecule has 0 saturated carbocycles. The molecule has 7 nitrogen and oxygen atoms in total. The van der Waals surface area contributed by atoms with Gasteiger partial charge >= 0.3 is 5.97 Å². The maximum atomic E-state index is 14.1. The highest BCUT2D eigenvalue weighted by molar-refractivity contribution is 8.03. The number of alkyl halides is 2. The number of hydrogen-bond acceptors (Lipinski definition) is 6. The number of thioether (sulfide) groups is 1. The van der Waals surface area contributed by atoms with Gasteiger partial charge in [0.15, 0.2) is 0 Å². The molecule has 4 rings (SSSR count). The van der Waals surface area contributed by atoms with E-state index < -0.39 is 29.8 Å². The first kappa shape index (κ1) is 22.0. The van der Waals surface area contributed by atoms with E-state index in [4.69, 9.17) is 0 Å². The van der Waals surface area contributed by atoms with Crippen molar-refractivity contribution < 1.29 is 28.6 Å². The number of amides is 1. The van der Waals surface area contributed by atoms with Gasteiger partial charge in [-0.05, 0) is 32.9 Å². The Morgan fingerprint density at radius 2 is 2.13 bits per heavy atom. The number of rotatable bonds is 6. The monoisotopic (exact) mass is 445 g/mol. The number of hydrogen-bond donors (Lipinski definition) is 3. The Kier molecular flexibility index (Phi) is 5.89. The smallest absolute Gasteiger partial charge is 0.353 e. The van der Waals surface area contributed by atoms with Crippen molar-refractivity contribution in [1.82, 2.24) is 15.1 Å². The topological polar surface area (TPSA) is 93.1 Å². The van der Waals surface area contributed by atoms with Crippen LogP contribution in [-0.2, 0) is 9.59 Å². The summed E-state index contributed by atoms with van der Waals surface area (Å²) < 4.78 is 28.3. The number of nitrogens with one attached hydrogen (secondary N) is 1. The summed E-state index contributed by atoms with van der Waals surface area (Å²) in [5.74, 6) is -5.57. The average molecular weight is 446 g/mol. The lowest BCUT2D eigenvalue weighted by Gasteiger charge is -2.46. The summed E-state index contributed by atoms with van der Waals surface area (Å²) >= 11 is 1.47. The van der Waals surface area contributed by atoms with Crippen molar-refractivity contribution in [2.24, 2.45) is 17.8 Å². The molecular weight excluding hydrogens is 416 g/mol. The Balaban J connectivity index is 1.43. The molecule has 4 heterocycles. The fourth-order valence-corrected chi connectivity index (χ4v) is 6.86. The second-order valence-corrected chi connectivity index (χ2v) is 10.3. The molecule has 3 fully saturated rings. The van der Waals surface area contributed by atoms with E-state index in [2.05, 4.69) is 10.2 Å². The van der Waals surface area contributed by atoms with Gasteiger partial charge in [0.05, 0.1) is 24.6 Å². The maximum absolute atomic E-state index is 14.1. The van der Waals surface area contributed by atoms with Gasteiger partial charge in [0, 0.05) is 35.1 Å². The average Bonchev–Trinajstić information content (AvgIpc) is 3.18. The second kappa shape index (κ2) is 8.03. The lowest BCUT2D eigenvalue weighted by molar-refractivity contribution is -0.163. The zero-order chi connectivity index (χ0) is 21.8. The highest BCUT2D eigenvalue weighted by Crippen LogP contribution is 2.52. The number of piperidine rings is 1. The summed E-state index contributed by atoms with van der Waals surface area (Å²) in [6.45, 7) is 5.49. The molecule has 3 N–H and O–H groups in total. The van der Waals surface area contributed by atoms with Gasteiger partial charge in [0.2, 0.25) is 5.91 Å². The molecule has 3 saturated heterocycles. The highest BCUT2D eigenvalue weighted by Gasteiger charge is 2.60. The largest absolute Gasteiger partial charge is 0.477 e. The minimum absolute atomic E-state index is 0.0303. The van der Waals surface area contributed by atoms with Gasteiger partial charge < -0.3 is 25.3 Å². The molecule has 0 aromatic heterocycles. The summed E-state index contributed by atoms with van der Waals surface area (Å²) in [5.41, 5.74) is 0.0303. The quantitative estimate of drug-likeness (QED) is 0.529. The van der Waals surface area contributed by atoms with Crippen LogP contribution in [0.15, 0.2) is 10.6 Å². The molecule has 1 amide bonds. The van der Waals surface area contributed by atoms with Crippen LogP contribution in [0, 0.1) is 17.8 Å². The first-order chi connectivity index (χ1) is 14.1. The van der Waals surface area contributed by atoms with E-state index >= 15 is 0 Å². The molecule has 4 aliphatic rings. The molecule has 1 unspecified atom stereocenters. The van der Waals surface area contributed by atoms with Crippen molar-refractivity contribution in [3.05, 3.63) is 10.6 Å². The Bertz CT molecular complexity index is 762. The standard InChI is InChI=1S/C20H29F2N3O4S/c1-10-15-14(11(2)26)18(27)25(15)16(19(28)29)17(10)30-13-4-6-24(8-13)7-12-3-5-23-9-20(12,21)22/h10-15,23,26H,3-9H2,1-2H3,(H,28,29)/t10-,11-,12?,13-,14-,15-/m1/s1. The van der Waals surface area contributed by atoms with Crippen LogP contribution < -0.4 is 5.32 Å². The molecule has 6 atom stereocenters. The van der Waals surface area contributed by atoms with Crippen molar-refractivity contribution >= 4 is 23.6 Å². The zero-order valence-corrected chi connectivity index (χ0v) is 18.0. The van der Waals surface area contributed by atoms with E-state index in [-0.39, 0.29) is 35.4 Å². The third-order valence-electron chi connectivity index (χ3n) is 6.94. The summed E-state index contributed by atoms with van der Waals surface area (Å²) in [6.07, 6.45) is 0.420. The van der Waals surface area contributed by atoms with Gasteiger partial charge in [-0.3, -0.25) is 4.79 Å². The van der Waals surface area contributed by atoms with Crippen molar-refractivity contribution in [2.45, 2.75) is 50.0 Å². The van der Waals surface area contributed by atoms with Crippen molar-refractivity contribution in [1.29, 1.82) is 0 Å². The van der Waals surface area contributed by atoms with Crippen LogP contribution in [0.3, 0.4) is 0 Å². The number of carboxylic acids is 1. The van der Waals surface area contributed by atoms with Crippen LogP contribution in [-0.4, -0.2) is 87.9 Å². The molecule has 0 bridgehead atoms. The number of aliphatic hydroxyl groups excluding tert-OH is 1. The number of likely N-dealkylation sites (tertiary alicyclic amines) is 1. The Labute approximate surface area is 178 Å². The SMILES string of the molecule is C[C@@H](O)[C@H]1C(=O)N2C(C(=O)O)=C(S[C@@H]3CCN(CC4CCNCC4(F)F)C3)[C@H](C)[C@H]12. The summed E-state index contributed by atoms with van der Waals surface area (Å²) in [6, 6.07) is -0.322. The van der Waals surface area contributed by atoms with E-state index in [9.17, 15) is 28.6 Å². The number of carbonyl (C=O) groups excluding carboxylic acids is 1. The molecule has 4 aliphatic heterocycles. The Hall–Kier alpha value is -1.23. The molecule has 0 spiro atoms. The van der Waals surface area contributed by atoms with E-state index in [0.717, 1.165) is 6.42 Å². The van der Waals surface area contributed by atoms with Crippen molar-refractivity contribution in [2.75, 3.05) is 32.7 Å². The minimum atomic E-state index is -2.70. The zero-order valence-electron chi connectivity index (χ0n) is 17.2. The lowest BCUT2D eigenvalue weighted by Crippen LogP contribution is -2.63. The third kappa shape index (κ3) is 3.65. The number of nitrogens with zero attached hydrogens (tertiary/aromatic N) is 2.